The Kier molecular flexibility index (Phi) is 33.1. The van der Waals surface area contributed by atoms with Crippen LogP contribution in [0.15, 0.2) is 194 Å². The highest BCUT2D eigenvalue weighted by Gasteiger charge is 2.18. The van der Waals surface area contributed by atoms with Gasteiger partial charge < -0.3 is 37.9 Å². The molecular weight excluding hydrogens is 1260 g/mol. The van der Waals surface area contributed by atoms with Crippen LogP contribution in [-0.2, 0) is 0 Å². The first kappa shape index (κ1) is 75.9. The third kappa shape index (κ3) is 27.5. The molecule has 0 radical (unpaired) electrons. The van der Waals surface area contributed by atoms with Gasteiger partial charge in [-0.15, -0.1) is 0 Å². The average Bonchev–Trinajstić information content (AvgIpc) is 0.902. The standard InChI is InChI=1S/C86H98O14/c1-3-5-7-9-11-13-15-17-19-21-23-25-27-29-61-93-73-49-41-67(42-50-73)81(87)95-77-57-45-69(46-58-77)83(89)99-79-35-31-33-71(63-79)85(91)97-75-53-37-65(38-54-75)66-39-55-76(56-40-66)98-86(92)72-34-32-36-80(64-72)100-84(90)70-47-59-78(60-48-70)96-82(88)68-43-51-74(52-44-68)94-62-30-28-26-24-22-20-18-16-14-12-10-8-6-4-2/h31-60,63-64H,3-30,61-62H2,1-2H3. The van der Waals surface area contributed by atoms with E-state index >= 15 is 0 Å². The van der Waals surface area contributed by atoms with Gasteiger partial charge in [-0.05, 0) is 182 Å². The quantitative estimate of drug-likeness (QED) is 0.0200. The van der Waals surface area contributed by atoms with Crippen molar-refractivity contribution in [3.8, 4) is 57.1 Å². The summed E-state index contributed by atoms with van der Waals surface area (Å²) in [4.78, 5) is 78.7. The molecule has 0 amide bonds. The van der Waals surface area contributed by atoms with Crippen molar-refractivity contribution < 1.29 is 66.7 Å². The molecular formula is C86H98O14. The lowest BCUT2D eigenvalue weighted by Crippen LogP contribution is -2.12. The maximum absolute atomic E-state index is 13.3. The summed E-state index contributed by atoms with van der Waals surface area (Å²) in [5, 5.41) is 0. The van der Waals surface area contributed by atoms with Crippen LogP contribution in [0.4, 0.5) is 0 Å². The van der Waals surface area contributed by atoms with Crippen LogP contribution in [0.25, 0.3) is 11.1 Å². The van der Waals surface area contributed by atoms with E-state index in [0.29, 0.717) is 35.8 Å². The van der Waals surface area contributed by atoms with Crippen molar-refractivity contribution in [1.29, 1.82) is 0 Å². The molecule has 0 aliphatic heterocycles. The van der Waals surface area contributed by atoms with Gasteiger partial charge in [0.05, 0.1) is 46.6 Å². The zero-order chi connectivity index (χ0) is 70.2. The summed E-state index contributed by atoms with van der Waals surface area (Å²) in [6.45, 7) is 5.78. The van der Waals surface area contributed by atoms with Gasteiger partial charge in [0, 0.05) is 0 Å². The number of benzene rings is 8. The SMILES string of the molecule is CCCCCCCCCCCCCCCCOc1ccc(C(=O)Oc2ccc(C(=O)Oc3cccc(C(=O)Oc4ccc(-c5ccc(OC(=O)c6cccc(OC(=O)c7ccc(OC(=O)c8ccc(OCCCCCCCCCCCCCCCC)cc8)cc7)c6)cc5)cc4)c3)cc2)cc1. The number of rotatable bonds is 45. The van der Waals surface area contributed by atoms with Crippen LogP contribution in [0.1, 0.15) is 256 Å². The molecule has 0 unspecified atom stereocenters. The largest absolute Gasteiger partial charge is 0.494 e. The van der Waals surface area contributed by atoms with E-state index in [0.717, 1.165) is 36.8 Å². The smallest absolute Gasteiger partial charge is 0.343 e. The number of esters is 6. The molecule has 0 aromatic heterocycles. The summed E-state index contributed by atoms with van der Waals surface area (Å²) in [5.41, 5.74) is 3.00. The zero-order valence-corrected chi connectivity index (χ0v) is 58.4. The van der Waals surface area contributed by atoms with Gasteiger partial charge in [0.1, 0.15) is 46.0 Å². The maximum atomic E-state index is 13.3. The zero-order valence-electron chi connectivity index (χ0n) is 58.4. The predicted molar refractivity (Wildman–Crippen MR) is 392 cm³/mol. The molecule has 0 aliphatic rings. The van der Waals surface area contributed by atoms with Crippen molar-refractivity contribution in [1.82, 2.24) is 0 Å². The summed E-state index contributed by atoms with van der Waals surface area (Å²) < 4.78 is 45.5. The molecule has 8 rings (SSSR count). The van der Waals surface area contributed by atoms with Crippen molar-refractivity contribution in [2.75, 3.05) is 13.2 Å². The second-order valence-electron chi connectivity index (χ2n) is 25.4. The number of ether oxygens (including phenoxy) is 8. The highest BCUT2D eigenvalue weighted by atomic mass is 16.6. The third-order valence-corrected chi connectivity index (χ3v) is 17.3. The second-order valence-corrected chi connectivity index (χ2v) is 25.4. The molecule has 100 heavy (non-hydrogen) atoms. The van der Waals surface area contributed by atoms with Gasteiger partial charge in [-0.25, -0.2) is 28.8 Å². The van der Waals surface area contributed by atoms with Gasteiger partial charge in [-0.2, -0.15) is 0 Å². The molecule has 0 atom stereocenters. The molecule has 0 bridgehead atoms. The predicted octanol–water partition coefficient (Wildman–Crippen LogP) is 22.4. The molecule has 0 N–H and O–H groups in total. The lowest BCUT2D eigenvalue weighted by molar-refractivity contribution is 0.0713. The van der Waals surface area contributed by atoms with Crippen LogP contribution >= 0.6 is 0 Å². The van der Waals surface area contributed by atoms with Gasteiger partial charge in [-0.1, -0.05) is 217 Å². The fraction of sp³-hybridized carbons (Fsp3) is 0.372. The Morgan fingerprint density at radius 2 is 0.420 bits per heavy atom. The van der Waals surface area contributed by atoms with Crippen LogP contribution < -0.4 is 37.9 Å². The fourth-order valence-corrected chi connectivity index (χ4v) is 11.5. The first-order valence-electron chi connectivity index (χ1n) is 36.4. The maximum Gasteiger partial charge on any atom is 0.343 e. The Hall–Kier alpha value is -9.82. The Labute approximate surface area is 591 Å². The lowest BCUT2D eigenvalue weighted by atomic mass is 10.0. The molecule has 14 nitrogen and oxygen atoms in total. The average molecular weight is 1360 g/mol. The van der Waals surface area contributed by atoms with Crippen molar-refractivity contribution in [2.24, 2.45) is 0 Å². The highest BCUT2D eigenvalue weighted by Crippen LogP contribution is 2.29. The van der Waals surface area contributed by atoms with Crippen LogP contribution in [0.3, 0.4) is 0 Å². The van der Waals surface area contributed by atoms with Gasteiger partial charge in [0.15, 0.2) is 0 Å². The normalized spacial score (nSPS) is 10.9. The first-order chi connectivity index (χ1) is 49.0. The summed E-state index contributed by atoms with van der Waals surface area (Å²) in [6.07, 6.45) is 36.4. The van der Waals surface area contributed by atoms with E-state index in [2.05, 4.69) is 13.8 Å². The minimum atomic E-state index is -0.683. The van der Waals surface area contributed by atoms with Crippen LogP contribution in [0.2, 0.25) is 0 Å². The number of hydrogen-bond donors (Lipinski definition) is 0. The van der Waals surface area contributed by atoms with E-state index in [4.69, 9.17) is 37.9 Å². The van der Waals surface area contributed by atoms with E-state index in [-0.39, 0.29) is 56.8 Å². The Morgan fingerprint density at radius 1 is 0.210 bits per heavy atom. The molecule has 0 heterocycles. The molecule has 0 saturated carbocycles. The Balaban J connectivity index is 0.688. The number of hydrogen-bond acceptors (Lipinski definition) is 14. The summed E-state index contributed by atoms with van der Waals surface area (Å²) in [7, 11) is 0. The van der Waals surface area contributed by atoms with Gasteiger partial charge in [0.2, 0.25) is 0 Å². The fourth-order valence-electron chi connectivity index (χ4n) is 11.5. The van der Waals surface area contributed by atoms with Crippen LogP contribution in [0, 0.1) is 0 Å². The first-order valence-corrected chi connectivity index (χ1v) is 36.4. The monoisotopic (exact) mass is 1350 g/mol. The van der Waals surface area contributed by atoms with E-state index in [1.165, 1.54) is 215 Å². The second kappa shape index (κ2) is 43.6. The molecule has 0 saturated heterocycles. The minimum absolute atomic E-state index is 0.122. The Bertz CT molecular complexity index is 3500. The number of carbonyl (C=O) groups is 6. The van der Waals surface area contributed by atoms with Gasteiger partial charge in [-0.3, -0.25) is 0 Å². The van der Waals surface area contributed by atoms with Crippen molar-refractivity contribution in [3.63, 3.8) is 0 Å². The molecule has 0 spiro atoms. The molecule has 0 fully saturated rings. The molecule has 0 aliphatic carbocycles. The molecule has 526 valence electrons. The number of unbranched alkanes of at least 4 members (excludes halogenated alkanes) is 26. The molecule has 8 aromatic carbocycles. The van der Waals surface area contributed by atoms with E-state index < -0.39 is 35.8 Å². The summed E-state index contributed by atoms with van der Waals surface area (Å²) >= 11 is 0. The highest BCUT2D eigenvalue weighted by molar-refractivity contribution is 5.96. The minimum Gasteiger partial charge on any atom is -0.494 e. The van der Waals surface area contributed by atoms with E-state index in [1.807, 2.05) is 0 Å². The molecule has 14 heteroatoms. The Morgan fingerprint density at radius 3 is 0.680 bits per heavy atom. The van der Waals surface area contributed by atoms with Crippen LogP contribution in [0.5, 0.6) is 46.0 Å². The third-order valence-electron chi connectivity index (χ3n) is 17.3. The van der Waals surface area contributed by atoms with E-state index in [9.17, 15) is 28.8 Å². The van der Waals surface area contributed by atoms with Crippen molar-refractivity contribution >= 4 is 35.8 Å². The van der Waals surface area contributed by atoms with Crippen molar-refractivity contribution in [2.45, 2.75) is 194 Å². The van der Waals surface area contributed by atoms with E-state index in [1.54, 1.807) is 133 Å². The summed E-state index contributed by atoms with van der Waals surface area (Å²) in [6, 6.07) is 51.5. The number of carbonyl (C=O) groups excluding carboxylic acids is 6. The van der Waals surface area contributed by atoms with Crippen molar-refractivity contribution in [3.05, 3.63) is 228 Å². The van der Waals surface area contributed by atoms with Gasteiger partial charge >= 0.3 is 35.8 Å². The molecule has 8 aromatic rings. The summed E-state index contributed by atoms with van der Waals surface area (Å²) in [5.74, 6) is -1.14. The van der Waals surface area contributed by atoms with Gasteiger partial charge in [0.25, 0.3) is 0 Å². The lowest BCUT2D eigenvalue weighted by Gasteiger charge is -2.10. The topological polar surface area (TPSA) is 176 Å². The van der Waals surface area contributed by atoms with Crippen LogP contribution in [-0.4, -0.2) is 49.0 Å².